The second kappa shape index (κ2) is 6.36. The highest BCUT2D eigenvalue weighted by Gasteiger charge is 2.44. The number of fused-ring (bicyclic) bond motifs is 2. The van der Waals surface area contributed by atoms with Gasteiger partial charge in [-0.1, -0.05) is 47.5 Å². The summed E-state index contributed by atoms with van der Waals surface area (Å²) in [5.74, 6) is 0.881. The molecule has 1 aliphatic rings. The number of nitrogens with one attached hydrogen (secondary N) is 1. The lowest BCUT2D eigenvalue weighted by Crippen LogP contribution is -2.38. The molecule has 134 valence electrons. The molecule has 0 saturated carbocycles. The number of nitrogens with two attached hydrogens (primary N) is 1. The van der Waals surface area contributed by atoms with E-state index >= 15 is 0 Å². The van der Waals surface area contributed by atoms with Crippen LogP contribution in [0, 0.1) is 13.8 Å². The molecule has 0 aliphatic heterocycles. The molecule has 0 spiro atoms. The van der Waals surface area contributed by atoms with E-state index in [1.807, 2.05) is 0 Å². The van der Waals surface area contributed by atoms with Crippen LogP contribution in [-0.2, 0) is 18.3 Å². The molecule has 3 N–H and O–H groups in total. The first-order valence-electron chi connectivity index (χ1n) is 9.33. The largest absolute Gasteiger partial charge is 0.331 e. The molecule has 3 aromatic rings. The maximum absolute atomic E-state index is 6.38. The lowest BCUT2D eigenvalue weighted by atomic mass is 9.68. The predicted octanol–water partition coefficient (Wildman–Crippen LogP) is 3.59. The monoisotopic (exact) mass is 346 g/mol. The van der Waals surface area contributed by atoms with Crippen molar-refractivity contribution < 1.29 is 0 Å². The Morgan fingerprint density at radius 2 is 1.62 bits per heavy atom. The van der Waals surface area contributed by atoms with E-state index in [9.17, 15) is 0 Å². The number of aromatic nitrogens is 3. The first kappa shape index (κ1) is 17.0. The lowest BCUT2D eigenvalue weighted by Gasteiger charge is -2.36. The van der Waals surface area contributed by atoms with Gasteiger partial charge in [0.15, 0.2) is 0 Å². The zero-order chi connectivity index (χ0) is 18.3. The Morgan fingerprint density at radius 3 is 2.08 bits per heavy atom. The van der Waals surface area contributed by atoms with Gasteiger partial charge < -0.3 is 10.7 Å². The predicted molar refractivity (Wildman–Crippen MR) is 104 cm³/mol. The number of hydrogen-bond acceptors (Lipinski definition) is 3. The van der Waals surface area contributed by atoms with Crippen molar-refractivity contribution in [1.82, 2.24) is 15.2 Å². The molecule has 4 rings (SSSR count). The van der Waals surface area contributed by atoms with Gasteiger partial charge in [-0.2, -0.15) is 0 Å². The van der Waals surface area contributed by atoms with Crippen LogP contribution in [0.1, 0.15) is 52.5 Å². The maximum Gasteiger partial charge on any atom is 0.145 e. The Hall–Kier alpha value is -2.46. The summed E-state index contributed by atoms with van der Waals surface area (Å²) >= 11 is 0. The number of rotatable bonds is 3. The topological polar surface area (TPSA) is 67.6 Å². The smallest absolute Gasteiger partial charge is 0.145 e. The highest BCUT2D eigenvalue weighted by Crippen LogP contribution is 2.46. The second-order valence-electron chi connectivity index (χ2n) is 7.75. The average Bonchev–Trinajstić information content (AvgIpc) is 3.09. The van der Waals surface area contributed by atoms with E-state index in [2.05, 4.69) is 72.4 Å². The summed E-state index contributed by atoms with van der Waals surface area (Å²) in [6.45, 7) is 6.39. The number of benzene rings is 2. The van der Waals surface area contributed by atoms with Crippen LogP contribution in [-0.4, -0.2) is 21.2 Å². The van der Waals surface area contributed by atoms with E-state index in [1.54, 1.807) is 6.33 Å². The van der Waals surface area contributed by atoms with Crippen LogP contribution in [0.4, 0.5) is 0 Å². The molecule has 1 aliphatic carbocycles. The first-order valence-corrected chi connectivity index (χ1v) is 9.33. The molecule has 0 fully saturated rings. The summed E-state index contributed by atoms with van der Waals surface area (Å²) in [6.07, 6.45) is 4.52. The van der Waals surface area contributed by atoms with E-state index in [-0.39, 0.29) is 6.04 Å². The first-order chi connectivity index (χ1) is 12.5. The molecular formula is C22H26N4. The summed E-state index contributed by atoms with van der Waals surface area (Å²) in [6, 6.07) is 13.6. The van der Waals surface area contributed by atoms with Crippen molar-refractivity contribution in [3.05, 3.63) is 81.9 Å². The molecule has 1 atom stereocenters. The van der Waals surface area contributed by atoms with Gasteiger partial charge in [-0.15, -0.1) is 10.2 Å². The van der Waals surface area contributed by atoms with Crippen LogP contribution in [0.3, 0.4) is 0 Å². The Kier molecular flexibility index (Phi) is 4.16. The summed E-state index contributed by atoms with van der Waals surface area (Å²) in [4.78, 5) is 3.31. The molecule has 2 aromatic carbocycles. The minimum Gasteiger partial charge on any atom is -0.331 e. The van der Waals surface area contributed by atoms with Gasteiger partial charge >= 0.3 is 0 Å². The highest BCUT2D eigenvalue weighted by molar-refractivity contribution is 5.55. The molecular weight excluding hydrogens is 320 g/mol. The van der Waals surface area contributed by atoms with Crippen LogP contribution in [0.15, 0.2) is 42.7 Å². The summed E-state index contributed by atoms with van der Waals surface area (Å²) in [7, 11) is 0. The average molecular weight is 346 g/mol. The van der Waals surface area contributed by atoms with Crippen molar-refractivity contribution in [2.24, 2.45) is 5.73 Å². The third-order valence-electron chi connectivity index (χ3n) is 5.55. The Bertz CT molecular complexity index is 872. The van der Waals surface area contributed by atoms with Gasteiger partial charge in [0.1, 0.15) is 12.2 Å². The van der Waals surface area contributed by atoms with Crippen molar-refractivity contribution in [3.63, 3.8) is 0 Å². The third-order valence-corrected chi connectivity index (χ3v) is 5.55. The minimum absolute atomic E-state index is 0.0292. The van der Waals surface area contributed by atoms with Gasteiger partial charge in [0, 0.05) is 6.04 Å². The second-order valence-corrected chi connectivity index (χ2v) is 7.75. The van der Waals surface area contributed by atoms with Crippen LogP contribution in [0.5, 0.6) is 0 Å². The molecule has 1 aromatic heterocycles. The van der Waals surface area contributed by atoms with Crippen molar-refractivity contribution in [2.45, 2.75) is 51.5 Å². The summed E-state index contributed by atoms with van der Waals surface area (Å²) in [5, 5.41) is 8.60. The number of nitrogens with zero attached hydrogens (tertiary/aromatic N) is 2. The Morgan fingerprint density at radius 1 is 1.04 bits per heavy atom. The van der Waals surface area contributed by atoms with Gasteiger partial charge in [-0.3, -0.25) is 0 Å². The van der Waals surface area contributed by atoms with E-state index in [1.165, 1.54) is 33.4 Å². The minimum atomic E-state index is -0.396. The fourth-order valence-electron chi connectivity index (χ4n) is 4.57. The van der Waals surface area contributed by atoms with Gasteiger partial charge in [0.25, 0.3) is 0 Å². The van der Waals surface area contributed by atoms with Crippen molar-refractivity contribution in [3.8, 4) is 0 Å². The number of hydrogen-bond donors (Lipinski definition) is 2. The van der Waals surface area contributed by atoms with Crippen LogP contribution in [0.25, 0.3) is 0 Å². The van der Waals surface area contributed by atoms with Gasteiger partial charge in [-0.25, -0.2) is 0 Å². The zero-order valence-electron chi connectivity index (χ0n) is 15.7. The number of H-pyrrole nitrogens is 1. The SMILES string of the molecule is Cc1ccc2c(c1)CCc1cc(C)ccc1C2(C[C@@H](C)N)c1nnc[nH]1. The van der Waals surface area contributed by atoms with Crippen LogP contribution in [0.2, 0.25) is 0 Å². The fourth-order valence-corrected chi connectivity index (χ4v) is 4.57. The van der Waals surface area contributed by atoms with Crippen molar-refractivity contribution >= 4 is 0 Å². The Balaban J connectivity index is 2.10. The van der Waals surface area contributed by atoms with Crippen molar-refractivity contribution in [2.75, 3.05) is 0 Å². The van der Waals surface area contributed by atoms with Gasteiger partial charge in [0.05, 0.1) is 5.41 Å². The molecule has 0 saturated heterocycles. The number of aryl methyl sites for hydroxylation is 4. The van der Waals surface area contributed by atoms with Gasteiger partial charge in [0.2, 0.25) is 0 Å². The molecule has 0 radical (unpaired) electrons. The quantitative estimate of drug-likeness (QED) is 0.761. The Labute approximate surface area is 154 Å². The van der Waals surface area contributed by atoms with Gasteiger partial charge in [-0.05, 0) is 62.3 Å². The summed E-state index contributed by atoms with van der Waals surface area (Å²) in [5.41, 5.74) is 13.9. The normalized spacial score (nSPS) is 16.5. The van der Waals surface area contributed by atoms with Crippen LogP contribution >= 0.6 is 0 Å². The fraction of sp³-hybridized carbons (Fsp3) is 0.364. The lowest BCUT2D eigenvalue weighted by molar-refractivity contribution is 0.476. The molecule has 4 nitrogen and oxygen atoms in total. The number of aromatic amines is 1. The van der Waals surface area contributed by atoms with Crippen molar-refractivity contribution in [1.29, 1.82) is 0 Å². The van der Waals surface area contributed by atoms with E-state index in [0.717, 1.165) is 25.1 Å². The molecule has 26 heavy (non-hydrogen) atoms. The molecule has 1 heterocycles. The standard InChI is InChI=1S/C22H26N4/c1-14-4-8-19-17(10-14)6-7-18-11-15(2)5-9-20(18)22(19,12-16(3)23)21-24-13-25-26-21/h4-5,8-11,13,16H,6-7,12,23H2,1-3H3,(H,24,25,26)/t16-/m1/s1. The molecule has 0 bridgehead atoms. The molecule has 4 heteroatoms. The highest BCUT2D eigenvalue weighted by atomic mass is 15.2. The maximum atomic E-state index is 6.38. The van der Waals surface area contributed by atoms with E-state index < -0.39 is 5.41 Å². The molecule has 0 unspecified atom stereocenters. The van der Waals surface area contributed by atoms with E-state index in [0.29, 0.717) is 0 Å². The third kappa shape index (κ3) is 2.65. The van der Waals surface area contributed by atoms with E-state index in [4.69, 9.17) is 5.73 Å². The molecule has 0 amide bonds. The zero-order valence-corrected chi connectivity index (χ0v) is 15.7. The summed E-state index contributed by atoms with van der Waals surface area (Å²) < 4.78 is 0. The van der Waals surface area contributed by atoms with Crippen LogP contribution < -0.4 is 5.73 Å².